The predicted octanol–water partition coefficient (Wildman–Crippen LogP) is 2.51. The van der Waals surface area contributed by atoms with Gasteiger partial charge in [0.05, 0.1) is 13.2 Å². The number of hydrogen-bond donors (Lipinski definition) is 0. The van der Waals surface area contributed by atoms with E-state index in [1.807, 2.05) is 4.90 Å². The van der Waals surface area contributed by atoms with Crippen LogP contribution in [0, 0.1) is 0 Å². The molecule has 0 spiro atoms. The second-order valence-corrected chi connectivity index (χ2v) is 5.28. The molecule has 2 rings (SSSR count). The minimum atomic E-state index is -0.00362. The van der Waals surface area contributed by atoms with Crippen molar-refractivity contribution in [1.82, 2.24) is 9.88 Å². The van der Waals surface area contributed by atoms with E-state index in [0.717, 1.165) is 45.4 Å². The molecule has 116 valence electrons. The number of rotatable bonds is 5. The standard InChI is InChI=1S/C16H24N2O3/c1-3-12-21-13-6-5-10-18(11-8-13)16(19)14-7-4-9-17-15(14)20-2/h4,7,9,13H,3,5-6,8,10-12H2,1-2H3. The molecule has 0 radical (unpaired) electrons. The molecular formula is C16H24N2O3. The maximum absolute atomic E-state index is 12.6. The smallest absolute Gasteiger partial charge is 0.259 e. The van der Waals surface area contributed by atoms with Gasteiger partial charge in [-0.15, -0.1) is 0 Å². The maximum atomic E-state index is 12.6. The number of likely N-dealkylation sites (tertiary alicyclic amines) is 1. The van der Waals surface area contributed by atoms with Crippen molar-refractivity contribution >= 4 is 5.91 Å². The summed E-state index contributed by atoms with van der Waals surface area (Å²) in [6.45, 7) is 4.41. The van der Waals surface area contributed by atoms with Crippen molar-refractivity contribution in [3.8, 4) is 5.88 Å². The van der Waals surface area contributed by atoms with Crippen LogP contribution in [0.25, 0.3) is 0 Å². The molecule has 0 aliphatic carbocycles. The van der Waals surface area contributed by atoms with Gasteiger partial charge in [0.1, 0.15) is 5.56 Å². The molecule has 1 aliphatic rings. The van der Waals surface area contributed by atoms with Gasteiger partial charge in [-0.1, -0.05) is 6.92 Å². The van der Waals surface area contributed by atoms with Crippen molar-refractivity contribution in [2.24, 2.45) is 0 Å². The van der Waals surface area contributed by atoms with Crippen LogP contribution in [0.4, 0.5) is 0 Å². The Labute approximate surface area is 126 Å². The summed E-state index contributed by atoms with van der Waals surface area (Å²) in [6.07, 6.45) is 5.84. The molecular weight excluding hydrogens is 268 g/mol. The molecule has 21 heavy (non-hydrogen) atoms. The van der Waals surface area contributed by atoms with Gasteiger partial charge in [-0.25, -0.2) is 4.98 Å². The van der Waals surface area contributed by atoms with Gasteiger partial charge in [-0.05, 0) is 37.8 Å². The topological polar surface area (TPSA) is 51.7 Å². The molecule has 1 atom stereocenters. The third kappa shape index (κ3) is 4.17. The molecule has 1 aliphatic heterocycles. The summed E-state index contributed by atoms with van der Waals surface area (Å²) in [5, 5.41) is 0. The van der Waals surface area contributed by atoms with Crippen molar-refractivity contribution in [2.45, 2.75) is 38.7 Å². The van der Waals surface area contributed by atoms with E-state index >= 15 is 0 Å². The highest BCUT2D eigenvalue weighted by atomic mass is 16.5. The molecule has 0 saturated carbocycles. The fraction of sp³-hybridized carbons (Fsp3) is 0.625. The Bertz CT molecular complexity index is 465. The van der Waals surface area contributed by atoms with Crippen LogP contribution in [0.1, 0.15) is 43.0 Å². The highest BCUT2D eigenvalue weighted by Crippen LogP contribution is 2.20. The largest absolute Gasteiger partial charge is 0.480 e. The Balaban J connectivity index is 2.00. The summed E-state index contributed by atoms with van der Waals surface area (Å²) in [4.78, 5) is 18.6. The lowest BCUT2D eigenvalue weighted by Crippen LogP contribution is -2.32. The van der Waals surface area contributed by atoms with Gasteiger partial charge in [-0.2, -0.15) is 0 Å². The third-order valence-electron chi connectivity index (χ3n) is 3.71. The van der Waals surface area contributed by atoms with Gasteiger partial charge in [0.25, 0.3) is 5.91 Å². The first kappa shape index (κ1) is 15.8. The number of carbonyl (C=O) groups is 1. The fourth-order valence-electron chi connectivity index (χ4n) is 2.61. The zero-order valence-electron chi connectivity index (χ0n) is 12.9. The van der Waals surface area contributed by atoms with Crippen molar-refractivity contribution in [1.29, 1.82) is 0 Å². The lowest BCUT2D eigenvalue weighted by Gasteiger charge is -2.21. The molecule has 2 heterocycles. The van der Waals surface area contributed by atoms with Gasteiger partial charge in [0.15, 0.2) is 0 Å². The number of amides is 1. The highest BCUT2D eigenvalue weighted by Gasteiger charge is 2.24. The van der Waals surface area contributed by atoms with E-state index in [0.29, 0.717) is 11.4 Å². The number of methoxy groups -OCH3 is 1. The molecule has 5 heteroatoms. The molecule has 0 bridgehead atoms. The van der Waals surface area contributed by atoms with Gasteiger partial charge >= 0.3 is 0 Å². The molecule has 0 aromatic carbocycles. The summed E-state index contributed by atoms with van der Waals surface area (Å²) in [6, 6.07) is 3.53. The van der Waals surface area contributed by atoms with Crippen LogP contribution in [0.3, 0.4) is 0 Å². The van der Waals surface area contributed by atoms with Crippen LogP contribution >= 0.6 is 0 Å². The molecule has 1 unspecified atom stereocenters. The highest BCUT2D eigenvalue weighted by molar-refractivity contribution is 5.96. The van der Waals surface area contributed by atoms with E-state index in [9.17, 15) is 4.79 Å². The monoisotopic (exact) mass is 292 g/mol. The van der Waals surface area contributed by atoms with E-state index in [4.69, 9.17) is 9.47 Å². The first-order chi connectivity index (χ1) is 10.3. The summed E-state index contributed by atoms with van der Waals surface area (Å²) >= 11 is 0. The van der Waals surface area contributed by atoms with Crippen LogP contribution in [0.15, 0.2) is 18.3 Å². The van der Waals surface area contributed by atoms with Gasteiger partial charge in [0, 0.05) is 25.9 Å². The maximum Gasteiger partial charge on any atom is 0.259 e. The number of aromatic nitrogens is 1. The molecule has 1 aromatic heterocycles. The molecule has 0 N–H and O–H groups in total. The Kier molecular flexibility index (Phi) is 5.99. The molecule has 1 fully saturated rings. The SMILES string of the molecule is CCCOC1CCCN(C(=O)c2cccnc2OC)CC1. The Hall–Kier alpha value is -1.62. The number of pyridine rings is 1. The second kappa shape index (κ2) is 7.98. The Morgan fingerprint density at radius 2 is 2.29 bits per heavy atom. The van der Waals surface area contributed by atoms with E-state index < -0.39 is 0 Å². The van der Waals surface area contributed by atoms with E-state index in [1.165, 1.54) is 7.11 Å². The second-order valence-electron chi connectivity index (χ2n) is 5.28. The van der Waals surface area contributed by atoms with Crippen LogP contribution in [0.2, 0.25) is 0 Å². The summed E-state index contributed by atoms with van der Waals surface area (Å²) < 4.78 is 11.0. The Morgan fingerprint density at radius 3 is 3.05 bits per heavy atom. The van der Waals surface area contributed by atoms with Crippen LogP contribution in [0.5, 0.6) is 5.88 Å². The minimum Gasteiger partial charge on any atom is -0.480 e. The lowest BCUT2D eigenvalue weighted by molar-refractivity contribution is 0.0432. The van der Waals surface area contributed by atoms with Crippen molar-refractivity contribution in [3.05, 3.63) is 23.9 Å². The van der Waals surface area contributed by atoms with Crippen molar-refractivity contribution < 1.29 is 14.3 Å². The first-order valence-electron chi connectivity index (χ1n) is 7.66. The third-order valence-corrected chi connectivity index (χ3v) is 3.71. The number of nitrogens with zero attached hydrogens (tertiary/aromatic N) is 2. The van der Waals surface area contributed by atoms with Gasteiger partial charge in [-0.3, -0.25) is 4.79 Å². The molecule has 1 aromatic rings. The predicted molar refractivity (Wildman–Crippen MR) is 80.6 cm³/mol. The van der Waals surface area contributed by atoms with E-state index in [1.54, 1.807) is 18.3 Å². The summed E-state index contributed by atoms with van der Waals surface area (Å²) in [5.74, 6) is 0.390. The molecule has 1 amide bonds. The quantitative estimate of drug-likeness (QED) is 0.836. The van der Waals surface area contributed by atoms with Gasteiger partial charge in [0.2, 0.25) is 5.88 Å². The van der Waals surface area contributed by atoms with Gasteiger partial charge < -0.3 is 14.4 Å². The van der Waals surface area contributed by atoms with Crippen molar-refractivity contribution in [3.63, 3.8) is 0 Å². The normalized spacial score (nSPS) is 19.1. The van der Waals surface area contributed by atoms with Crippen LogP contribution in [-0.2, 0) is 4.74 Å². The number of ether oxygens (including phenoxy) is 2. The van der Waals surface area contributed by atoms with Crippen molar-refractivity contribution in [2.75, 3.05) is 26.8 Å². The first-order valence-corrected chi connectivity index (χ1v) is 7.66. The molecule has 5 nitrogen and oxygen atoms in total. The van der Waals surface area contributed by atoms with Crippen LogP contribution < -0.4 is 4.74 Å². The molecule has 1 saturated heterocycles. The number of carbonyl (C=O) groups excluding carboxylic acids is 1. The van der Waals surface area contributed by atoms with Crippen LogP contribution in [-0.4, -0.2) is 48.7 Å². The zero-order valence-corrected chi connectivity index (χ0v) is 12.9. The summed E-state index contributed by atoms with van der Waals surface area (Å²) in [5.41, 5.74) is 0.535. The zero-order chi connectivity index (χ0) is 15.1. The minimum absolute atomic E-state index is 0.00362. The lowest BCUT2D eigenvalue weighted by atomic mass is 10.1. The average Bonchev–Trinajstić information content (AvgIpc) is 2.77. The van der Waals surface area contributed by atoms with E-state index in [-0.39, 0.29) is 12.0 Å². The fourth-order valence-corrected chi connectivity index (χ4v) is 2.61. The van der Waals surface area contributed by atoms with E-state index in [2.05, 4.69) is 11.9 Å². The number of hydrogen-bond acceptors (Lipinski definition) is 4. The average molecular weight is 292 g/mol. The Morgan fingerprint density at radius 1 is 1.43 bits per heavy atom. The summed E-state index contributed by atoms with van der Waals surface area (Å²) in [7, 11) is 1.54.